The van der Waals surface area contributed by atoms with E-state index < -0.39 is 18.2 Å². The van der Waals surface area contributed by atoms with Crippen molar-refractivity contribution >= 4 is 30.1 Å². The average molecular weight is 355 g/mol. The monoisotopic (exact) mass is 355 g/mol. The van der Waals surface area contributed by atoms with E-state index in [9.17, 15) is 19.2 Å². The molecule has 9 nitrogen and oxygen atoms in total. The zero-order valence-electron chi connectivity index (χ0n) is 14.3. The van der Waals surface area contributed by atoms with Gasteiger partial charge >= 0.3 is 6.03 Å². The van der Waals surface area contributed by atoms with Gasteiger partial charge in [0.15, 0.2) is 12.2 Å². The molecule has 0 spiro atoms. The first-order chi connectivity index (χ1) is 12.4. The summed E-state index contributed by atoms with van der Waals surface area (Å²) in [6.07, 6.45) is 0.919. The van der Waals surface area contributed by atoms with Gasteiger partial charge in [0.05, 0.1) is 17.5 Å². The van der Waals surface area contributed by atoms with E-state index in [0.29, 0.717) is 11.1 Å². The molecule has 4 rings (SSSR count). The lowest BCUT2D eigenvalue weighted by Gasteiger charge is -2.39. The van der Waals surface area contributed by atoms with Gasteiger partial charge in [-0.05, 0) is 12.1 Å². The first-order valence-corrected chi connectivity index (χ1v) is 8.20. The van der Waals surface area contributed by atoms with Crippen molar-refractivity contribution in [2.24, 2.45) is 4.99 Å². The Hall–Kier alpha value is -3.23. The molecule has 9 heteroatoms. The van der Waals surface area contributed by atoms with Crippen molar-refractivity contribution in [2.45, 2.75) is 12.2 Å². The molecule has 5 amide bonds. The number of carbonyl (C=O) groups excluding carboxylic acids is 4. The molecule has 0 N–H and O–H groups in total. The van der Waals surface area contributed by atoms with Crippen LogP contribution in [0.15, 0.2) is 29.3 Å². The predicted octanol–water partition coefficient (Wildman–Crippen LogP) is -0.155. The fourth-order valence-corrected chi connectivity index (χ4v) is 3.56. The van der Waals surface area contributed by atoms with Crippen molar-refractivity contribution in [3.63, 3.8) is 0 Å². The summed E-state index contributed by atoms with van der Waals surface area (Å²) < 4.78 is 0. The largest absolute Gasteiger partial charge is 0.346 e. The molecule has 1 saturated heterocycles. The maximum Gasteiger partial charge on any atom is 0.328 e. The van der Waals surface area contributed by atoms with E-state index in [2.05, 4.69) is 4.99 Å². The number of likely N-dealkylation sites (N-methyl/N-ethyl adjacent to an activating group) is 2. The third-order valence-electron chi connectivity index (χ3n) is 5.04. The van der Waals surface area contributed by atoms with Crippen molar-refractivity contribution in [3.05, 3.63) is 35.4 Å². The molecular formula is C17H17N5O4. The number of rotatable bonds is 3. The lowest BCUT2D eigenvalue weighted by atomic mass is 10.1. The highest BCUT2D eigenvalue weighted by atomic mass is 16.2. The van der Waals surface area contributed by atoms with Crippen LogP contribution in [0.2, 0.25) is 0 Å². The van der Waals surface area contributed by atoms with Crippen LogP contribution < -0.4 is 0 Å². The number of fused-ring (bicyclic) bond motifs is 2. The van der Waals surface area contributed by atoms with Gasteiger partial charge in [0.2, 0.25) is 0 Å². The van der Waals surface area contributed by atoms with Gasteiger partial charge < -0.3 is 9.80 Å². The molecule has 3 aliphatic heterocycles. The third kappa shape index (κ3) is 2.13. The number of hydrogen-bond acceptors (Lipinski definition) is 6. The first kappa shape index (κ1) is 16.2. The second-order valence-electron chi connectivity index (χ2n) is 6.46. The number of carbonyl (C=O) groups is 4. The number of urea groups is 1. The summed E-state index contributed by atoms with van der Waals surface area (Å²) in [5.74, 6) is -1.02. The first-order valence-electron chi connectivity index (χ1n) is 8.20. The van der Waals surface area contributed by atoms with E-state index in [-0.39, 0.29) is 30.8 Å². The molecule has 134 valence electrons. The Kier molecular flexibility index (Phi) is 3.53. The lowest BCUT2D eigenvalue weighted by Crippen LogP contribution is -2.64. The zero-order valence-corrected chi connectivity index (χ0v) is 14.3. The number of nitrogens with zero attached hydrogens (tertiary/aromatic N) is 5. The summed E-state index contributed by atoms with van der Waals surface area (Å²) in [6, 6.07) is 5.64. The minimum atomic E-state index is -0.641. The van der Waals surface area contributed by atoms with E-state index in [1.165, 1.54) is 23.2 Å². The van der Waals surface area contributed by atoms with Crippen LogP contribution in [0.25, 0.3) is 0 Å². The molecule has 2 atom stereocenters. The Balaban J connectivity index is 1.49. The lowest BCUT2D eigenvalue weighted by molar-refractivity contribution is -0.136. The van der Waals surface area contributed by atoms with Crippen molar-refractivity contribution in [1.29, 1.82) is 0 Å². The fourth-order valence-electron chi connectivity index (χ4n) is 3.56. The SMILES string of the molecule is CN1C(=O)C2C(N=CN2CCN2C(=O)c3ccccc3C2=O)N(C)C1=O. The Morgan fingerprint density at radius 3 is 2.19 bits per heavy atom. The van der Waals surface area contributed by atoms with Crippen molar-refractivity contribution in [1.82, 2.24) is 19.6 Å². The Morgan fingerprint density at radius 1 is 0.962 bits per heavy atom. The van der Waals surface area contributed by atoms with Crippen LogP contribution in [-0.2, 0) is 4.79 Å². The van der Waals surface area contributed by atoms with E-state index in [1.54, 1.807) is 36.2 Å². The van der Waals surface area contributed by atoms with Gasteiger partial charge in [-0.2, -0.15) is 0 Å². The van der Waals surface area contributed by atoms with Gasteiger partial charge in [-0.15, -0.1) is 0 Å². The molecule has 1 aromatic rings. The minimum absolute atomic E-state index is 0.135. The smallest absolute Gasteiger partial charge is 0.328 e. The number of aliphatic imine (C=N–C) groups is 1. The maximum absolute atomic E-state index is 12.5. The molecule has 3 aliphatic rings. The Morgan fingerprint density at radius 2 is 1.58 bits per heavy atom. The molecular weight excluding hydrogens is 338 g/mol. The second kappa shape index (κ2) is 5.65. The molecule has 26 heavy (non-hydrogen) atoms. The standard InChI is InChI=1S/C17H17N5O4/c1-19-13-12(16(25)20(2)17(19)26)21(9-18-13)7-8-22-14(23)10-5-3-4-6-11(10)15(22)24/h3-6,9,12-13H,7-8H2,1-2H3. The highest BCUT2D eigenvalue weighted by molar-refractivity contribution is 6.21. The number of benzene rings is 1. The fraction of sp³-hybridized carbons (Fsp3) is 0.353. The number of imide groups is 2. The van der Waals surface area contributed by atoms with Crippen LogP contribution in [0.4, 0.5) is 4.79 Å². The Bertz CT molecular complexity index is 831. The molecule has 3 heterocycles. The van der Waals surface area contributed by atoms with Crippen molar-refractivity contribution in [3.8, 4) is 0 Å². The normalized spacial score (nSPS) is 24.7. The zero-order chi connectivity index (χ0) is 18.6. The quantitative estimate of drug-likeness (QED) is 0.703. The van der Waals surface area contributed by atoms with Gasteiger partial charge in [-0.25, -0.2) is 9.79 Å². The topological polar surface area (TPSA) is 93.6 Å². The average Bonchev–Trinajstić information content (AvgIpc) is 3.17. The predicted molar refractivity (Wildman–Crippen MR) is 90.5 cm³/mol. The molecule has 0 radical (unpaired) electrons. The summed E-state index contributed by atoms with van der Waals surface area (Å²) in [7, 11) is 3.02. The minimum Gasteiger partial charge on any atom is -0.346 e. The summed E-state index contributed by atoms with van der Waals surface area (Å²) in [6.45, 7) is 0.397. The van der Waals surface area contributed by atoms with Crippen molar-refractivity contribution in [2.75, 3.05) is 27.2 Å². The summed E-state index contributed by atoms with van der Waals surface area (Å²) in [5, 5.41) is 0. The van der Waals surface area contributed by atoms with E-state index in [0.717, 1.165) is 4.90 Å². The number of hydrogen-bond donors (Lipinski definition) is 0. The van der Waals surface area contributed by atoms with Gasteiger partial charge in [-0.3, -0.25) is 24.2 Å². The molecule has 0 bridgehead atoms. The van der Waals surface area contributed by atoms with Crippen LogP contribution in [-0.4, -0.2) is 89.1 Å². The van der Waals surface area contributed by atoms with E-state index >= 15 is 0 Å². The molecule has 0 saturated carbocycles. The molecule has 0 aliphatic carbocycles. The molecule has 1 aromatic carbocycles. The van der Waals surface area contributed by atoms with Crippen molar-refractivity contribution < 1.29 is 19.2 Å². The Labute approximate surface area is 149 Å². The van der Waals surface area contributed by atoms with Crippen LogP contribution in [0.3, 0.4) is 0 Å². The van der Waals surface area contributed by atoms with Crippen LogP contribution in [0, 0.1) is 0 Å². The summed E-state index contributed by atoms with van der Waals surface area (Å²) >= 11 is 0. The summed E-state index contributed by atoms with van der Waals surface area (Å²) in [4.78, 5) is 58.9. The maximum atomic E-state index is 12.5. The highest BCUT2D eigenvalue weighted by Crippen LogP contribution is 2.26. The second-order valence-corrected chi connectivity index (χ2v) is 6.46. The van der Waals surface area contributed by atoms with Crippen LogP contribution >= 0.6 is 0 Å². The molecule has 2 unspecified atom stereocenters. The molecule has 1 fully saturated rings. The highest BCUT2D eigenvalue weighted by Gasteiger charge is 2.48. The van der Waals surface area contributed by atoms with Crippen LogP contribution in [0.1, 0.15) is 20.7 Å². The van der Waals surface area contributed by atoms with Gasteiger partial charge in [-0.1, -0.05) is 12.1 Å². The molecule has 0 aromatic heterocycles. The van der Waals surface area contributed by atoms with Gasteiger partial charge in [0.25, 0.3) is 17.7 Å². The summed E-state index contributed by atoms with van der Waals surface area (Å²) in [5.41, 5.74) is 0.786. The third-order valence-corrected chi connectivity index (χ3v) is 5.04. The van der Waals surface area contributed by atoms with Gasteiger partial charge in [0.1, 0.15) is 0 Å². The van der Waals surface area contributed by atoms with E-state index in [1.807, 2.05) is 0 Å². The van der Waals surface area contributed by atoms with E-state index in [4.69, 9.17) is 0 Å². The van der Waals surface area contributed by atoms with Gasteiger partial charge in [0, 0.05) is 27.2 Å². The van der Waals surface area contributed by atoms with Crippen LogP contribution in [0.5, 0.6) is 0 Å². The number of amides is 5.